The van der Waals surface area contributed by atoms with Gasteiger partial charge in [0.25, 0.3) is 0 Å². The maximum absolute atomic E-state index is 10.5. The molecule has 0 unspecified atom stereocenters. The van der Waals surface area contributed by atoms with Crippen molar-refractivity contribution < 1.29 is 9.90 Å². The highest BCUT2D eigenvalue weighted by molar-refractivity contribution is 5.67. The van der Waals surface area contributed by atoms with Gasteiger partial charge in [-0.25, -0.2) is 4.98 Å². The molecule has 0 aliphatic rings. The summed E-state index contributed by atoms with van der Waals surface area (Å²) in [6.07, 6.45) is 2.72. The fraction of sp³-hybridized carbons (Fsp3) is 0.333. The average molecular weight is 273 g/mol. The summed E-state index contributed by atoms with van der Waals surface area (Å²) < 4.78 is 2.00. The number of rotatable bonds is 6. The molecule has 1 aromatic carbocycles. The minimum Gasteiger partial charge on any atom is -0.481 e. The van der Waals surface area contributed by atoms with Crippen molar-refractivity contribution in [3.8, 4) is 0 Å². The molecule has 0 atom stereocenters. The number of aryl methyl sites for hydroxylation is 3. The van der Waals surface area contributed by atoms with Gasteiger partial charge < -0.3 is 15.0 Å². The first-order chi connectivity index (χ1) is 9.54. The molecule has 1 heterocycles. The third kappa shape index (κ3) is 3.85. The minimum absolute atomic E-state index is 0.166. The highest BCUT2D eigenvalue weighted by Crippen LogP contribution is 2.12. The Morgan fingerprint density at radius 2 is 2.05 bits per heavy atom. The van der Waals surface area contributed by atoms with Crippen LogP contribution in [-0.2, 0) is 24.8 Å². The number of nitrogens with zero attached hydrogens (tertiary/aromatic N) is 2. The van der Waals surface area contributed by atoms with E-state index in [0.717, 1.165) is 22.8 Å². The zero-order valence-corrected chi connectivity index (χ0v) is 11.8. The molecule has 5 nitrogen and oxygen atoms in total. The first-order valence-corrected chi connectivity index (χ1v) is 6.58. The van der Waals surface area contributed by atoms with Crippen LogP contribution in [0.2, 0.25) is 0 Å². The van der Waals surface area contributed by atoms with Crippen molar-refractivity contribution in [2.45, 2.75) is 26.3 Å². The number of hydrogen-bond donors (Lipinski definition) is 2. The van der Waals surface area contributed by atoms with Crippen LogP contribution in [0.15, 0.2) is 30.5 Å². The van der Waals surface area contributed by atoms with Crippen LogP contribution in [-0.4, -0.2) is 20.6 Å². The van der Waals surface area contributed by atoms with Gasteiger partial charge in [0.2, 0.25) is 0 Å². The molecule has 0 aliphatic carbocycles. The number of carboxylic acids is 1. The van der Waals surface area contributed by atoms with Crippen LogP contribution in [0.1, 0.15) is 23.5 Å². The molecule has 1 aromatic heterocycles. The number of aromatic nitrogens is 2. The van der Waals surface area contributed by atoms with E-state index in [0.29, 0.717) is 13.0 Å². The molecule has 0 spiro atoms. The molecule has 2 aromatic rings. The van der Waals surface area contributed by atoms with Crippen molar-refractivity contribution in [3.63, 3.8) is 0 Å². The van der Waals surface area contributed by atoms with Crippen molar-refractivity contribution in [1.82, 2.24) is 9.55 Å². The van der Waals surface area contributed by atoms with Crippen LogP contribution in [0.25, 0.3) is 0 Å². The van der Waals surface area contributed by atoms with Gasteiger partial charge in [0.15, 0.2) is 0 Å². The van der Waals surface area contributed by atoms with Gasteiger partial charge in [-0.3, -0.25) is 4.79 Å². The van der Waals surface area contributed by atoms with Gasteiger partial charge in [0.1, 0.15) is 5.82 Å². The van der Waals surface area contributed by atoms with E-state index in [1.54, 1.807) is 0 Å². The monoisotopic (exact) mass is 273 g/mol. The number of nitrogens with one attached hydrogen (secondary N) is 1. The van der Waals surface area contributed by atoms with Gasteiger partial charge in [-0.2, -0.15) is 0 Å². The quantitative estimate of drug-likeness (QED) is 0.848. The van der Waals surface area contributed by atoms with Crippen molar-refractivity contribution in [2.75, 3.05) is 5.32 Å². The molecule has 0 amide bonds. The molecule has 0 radical (unpaired) electrons. The summed E-state index contributed by atoms with van der Waals surface area (Å²) >= 11 is 0. The topological polar surface area (TPSA) is 67.2 Å². The Kier molecular flexibility index (Phi) is 4.40. The number of carboxylic acid groups (broad SMARTS) is 1. The Bertz CT molecular complexity index is 588. The highest BCUT2D eigenvalue weighted by Gasteiger charge is 2.03. The number of imidazole rings is 1. The third-order valence-electron chi connectivity index (χ3n) is 3.13. The van der Waals surface area contributed by atoms with Crippen molar-refractivity contribution in [2.24, 2.45) is 7.05 Å². The van der Waals surface area contributed by atoms with Crippen LogP contribution in [0.5, 0.6) is 0 Å². The molecule has 0 fully saturated rings. The molecule has 0 bridgehead atoms. The molecule has 0 aliphatic heterocycles. The lowest BCUT2D eigenvalue weighted by Gasteiger charge is -2.07. The molecule has 5 heteroatoms. The predicted molar refractivity (Wildman–Crippen MR) is 77.7 cm³/mol. The van der Waals surface area contributed by atoms with Crippen LogP contribution in [0, 0.1) is 6.92 Å². The molecular formula is C15H19N3O2. The summed E-state index contributed by atoms with van der Waals surface area (Å²) in [7, 11) is 1.98. The lowest BCUT2D eigenvalue weighted by atomic mass is 10.1. The predicted octanol–water partition coefficient (Wildman–Crippen LogP) is 2.36. The normalized spacial score (nSPS) is 10.5. The molecule has 106 valence electrons. The van der Waals surface area contributed by atoms with E-state index in [2.05, 4.69) is 10.3 Å². The summed E-state index contributed by atoms with van der Waals surface area (Å²) in [5, 5.41) is 12.0. The molecule has 20 heavy (non-hydrogen) atoms. The second kappa shape index (κ2) is 6.23. The van der Waals surface area contributed by atoms with Gasteiger partial charge in [-0.15, -0.1) is 0 Å². The van der Waals surface area contributed by atoms with E-state index >= 15 is 0 Å². The maximum Gasteiger partial charge on any atom is 0.303 e. The number of anilines is 1. The Morgan fingerprint density at radius 1 is 1.35 bits per heavy atom. The maximum atomic E-state index is 10.5. The fourth-order valence-electron chi connectivity index (χ4n) is 2.05. The standard InChI is InChI=1S/C15H19N3O2/c1-11-10-18(2)14(17-11)9-16-13-6-3-12(4-7-13)5-8-15(19)20/h3-4,6-7,10,16H,5,8-9H2,1-2H3,(H,19,20). The average Bonchev–Trinajstić information content (AvgIpc) is 2.73. The zero-order valence-electron chi connectivity index (χ0n) is 11.8. The lowest BCUT2D eigenvalue weighted by molar-refractivity contribution is -0.136. The summed E-state index contributed by atoms with van der Waals surface area (Å²) in [5.41, 5.74) is 3.05. The number of benzene rings is 1. The van der Waals surface area contributed by atoms with Gasteiger partial charge in [-0.05, 0) is 31.0 Å². The van der Waals surface area contributed by atoms with Gasteiger partial charge in [-0.1, -0.05) is 12.1 Å². The molecule has 0 saturated carbocycles. The first-order valence-electron chi connectivity index (χ1n) is 6.58. The van der Waals surface area contributed by atoms with Crippen LogP contribution in [0.4, 0.5) is 5.69 Å². The summed E-state index contributed by atoms with van der Waals surface area (Å²) in [6, 6.07) is 7.84. The van der Waals surface area contributed by atoms with E-state index in [-0.39, 0.29) is 6.42 Å². The second-order valence-electron chi connectivity index (χ2n) is 4.85. The molecule has 0 saturated heterocycles. The Hall–Kier alpha value is -2.30. The van der Waals surface area contributed by atoms with E-state index in [4.69, 9.17) is 5.11 Å². The smallest absolute Gasteiger partial charge is 0.303 e. The van der Waals surface area contributed by atoms with E-state index in [1.165, 1.54) is 0 Å². The number of hydrogen-bond acceptors (Lipinski definition) is 3. The molecule has 2 N–H and O–H groups in total. The summed E-state index contributed by atoms with van der Waals surface area (Å²) in [4.78, 5) is 14.9. The van der Waals surface area contributed by atoms with Gasteiger partial charge in [0, 0.05) is 25.4 Å². The second-order valence-corrected chi connectivity index (χ2v) is 4.85. The number of aliphatic carboxylic acids is 1. The minimum atomic E-state index is -0.766. The summed E-state index contributed by atoms with van der Waals surface area (Å²) in [6.45, 7) is 2.64. The van der Waals surface area contributed by atoms with Crippen LogP contribution in [0.3, 0.4) is 0 Å². The van der Waals surface area contributed by atoms with Crippen LogP contribution >= 0.6 is 0 Å². The largest absolute Gasteiger partial charge is 0.481 e. The van der Waals surface area contributed by atoms with Gasteiger partial charge >= 0.3 is 5.97 Å². The number of carbonyl (C=O) groups is 1. The Morgan fingerprint density at radius 3 is 2.60 bits per heavy atom. The summed E-state index contributed by atoms with van der Waals surface area (Å²) in [5.74, 6) is 0.217. The van der Waals surface area contributed by atoms with Crippen molar-refractivity contribution in [3.05, 3.63) is 47.5 Å². The van der Waals surface area contributed by atoms with E-state index in [9.17, 15) is 4.79 Å². The SMILES string of the molecule is Cc1cn(C)c(CNc2ccc(CCC(=O)O)cc2)n1. The Labute approximate surface area is 118 Å². The van der Waals surface area contributed by atoms with E-state index < -0.39 is 5.97 Å². The fourth-order valence-corrected chi connectivity index (χ4v) is 2.05. The first kappa shape index (κ1) is 14.1. The zero-order chi connectivity index (χ0) is 14.5. The van der Waals surface area contributed by atoms with Crippen LogP contribution < -0.4 is 5.32 Å². The van der Waals surface area contributed by atoms with Gasteiger partial charge in [0.05, 0.1) is 12.2 Å². The third-order valence-corrected chi connectivity index (χ3v) is 3.13. The molecule has 2 rings (SSSR count). The van der Waals surface area contributed by atoms with Crippen molar-refractivity contribution in [1.29, 1.82) is 0 Å². The van der Waals surface area contributed by atoms with E-state index in [1.807, 2.05) is 49.0 Å². The van der Waals surface area contributed by atoms with Crippen molar-refractivity contribution >= 4 is 11.7 Å². The Balaban J connectivity index is 1.90. The molecular weight excluding hydrogens is 254 g/mol. The lowest BCUT2D eigenvalue weighted by Crippen LogP contribution is -2.05. The highest BCUT2D eigenvalue weighted by atomic mass is 16.4.